The molecule has 3 aromatic carbocycles. The van der Waals surface area contributed by atoms with E-state index in [0.29, 0.717) is 6.54 Å². The Kier molecular flexibility index (Phi) is 3.50. The van der Waals surface area contributed by atoms with Gasteiger partial charge in [-0.1, -0.05) is 58.4 Å². The van der Waals surface area contributed by atoms with Gasteiger partial charge < -0.3 is 4.90 Å². The lowest BCUT2D eigenvalue weighted by Gasteiger charge is -2.17. The van der Waals surface area contributed by atoms with Crippen LogP contribution < -0.4 is 4.90 Å². The van der Waals surface area contributed by atoms with Gasteiger partial charge in [0.25, 0.3) is 5.91 Å². The zero-order valence-electron chi connectivity index (χ0n) is 12.4. The molecule has 0 radical (unpaired) electrons. The van der Waals surface area contributed by atoms with Crippen molar-refractivity contribution in [2.75, 3.05) is 4.90 Å². The first-order valence-corrected chi connectivity index (χ1v) is 8.27. The van der Waals surface area contributed by atoms with Crippen LogP contribution in [-0.4, -0.2) is 5.91 Å². The number of anilines is 1. The van der Waals surface area contributed by atoms with E-state index in [9.17, 15) is 4.79 Å². The largest absolute Gasteiger partial charge is 0.304 e. The highest BCUT2D eigenvalue weighted by Crippen LogP contribution is 2.32. The fraction of sp³-hybridized carbons (Fsp3) is 0.0500. The Bertz CT molecular complexity index is 889. The van der Waals surface area contributed by atoms with Gasteiger partial charge in [0.05, 0.1) is 6.54 Å². The second-order valence-electron chi connectivity index (χ2n) is 5.61. The molecule has 4 rings (SSSR count). The second kappa shape index (κ2) is 5.67. The summed E-state index contributed by atoms with van der Waals surface area (Å²) in [5.74, 6) is 0.0673. The van der Waals surface area contributed by atoms with E-state index in [0.717, 1.165) is 32.4 Å². The van der Waals surface area contributed by atoms with Crippen molar-refractivity contribution in [1.29, 1.82) is 0 Å². The maximum Gasteiger partial charge on any atom is 0.258 e. The Morgan fingerprint density at radius 1 is 0.826 bits per heavy atom. The topological polar surface area (TPSA) is 20.3 Å². The van der Waals surface area contributed by atoms with Crippen molar-refractivity contribution < 1.29 is 4.79 Å². The lowest BCUT2D eigenvalue weighted by atomic mass is 10.1. The van der Waals surface area contributed by atoms with Gasteiger partial charge in [0.2, 0.25) is 0 Å². The van der Waals surface area contributed by atoms with Gasteiger partial charge in [-0.2, -0.15) is 0 Å². The highest BCUT2D eigenvalue weighted by molar-refractivity contribution is 9.10. The number of hydrogen-bond acceptors (Lipinski definition) is 1. The first-order chi connectivity index (χ1) is 11.2. The number of carbonyl (C=O) groups excluding carboxylic acids is 1. The number of halogens is 1. The first-order valence-electron chi connectivity index (χ1n) is 7.48. The Morgan fingerprint density at radius 3 is 2.43 bits per heavy atom. The van der Waals surface area contributed by atoms with E-state index in [1.165, 1.54) is 0 Å². The summed E-state index contributed by atoms with van der Waals surface area (Å²) in [6.07, 6.45) is 0. The first kappa shape index (κ1) is 14.2. The summed E-state index contributed by atoms with van der Waals surface area (Å²) in [6.45, 7) is 0.617. The summed E-state index contributed by atoms with van der Waals surface area (Å²) < 4.78 is 1.00. The van der Waals surface area contributed by atoms with E-state index >= 15 is 0 Å². The number of amides is 1. The van der Waals surface area contributed by atoms with Crippen molar-refractivity contribution in [2.24, 2.45) is 0 Å². The lowest BCUT2D eigenvalue weighted by molar-refractivity contribution is 0.0996. The molecule has 112 valence electrons. The molecule has 2 nitrogen and oxygen atoms in total. The van der Waals surface area contributed by atoms with E-state index in [4.69, 9.17) is 0 Å². The van der Waals surface area contributed by atoms with Crippen LogP contribution in [-0.2, 0) is 6.54 Å². The fourth-order valence-electron chi connectivity index (χ4n) is 2.98. The molecule has 23 heavy (non-hydrogen) atoms. The zero-order valence-corrected chi connectivity index (χ0v) is 14.0. The summed E-state index contributed by atoms with van der Waals surface area (Å²) in [5, 5.41) is 0. The van der Waals surface area contributed by atoms with Crippen molar-refractivity contribution in [3.63, 3.8) is 0 Å². The number of nitrogens with zero attached hydrogens (tertiary/aromatic N) is 1. The van der Waals surface area contributed by atoms with Crippen LogP contribution in [0.4, 0.5) is 5.69 Å². The molecule has 0 N–H and O–H groups in total. The molecule has 3 heteroatoms. The van der Waals surface area contributed by atoms with Gasteiger partial charge in [-0.3, -0.25) is 4.79 Å². The highest BCUT2D eigenvalue weighted by atomic mass is 79.9. The summed E-state index contributed by atoms with van der Waals surface area (Å²) in [5.41, 5.74) is 5.06. The van der Waals surface area contributed by atoms with Crippen LogP contribution in [0.25, 0.3) is 11.1 Å². The summed E-state index contributed by atoms with van der Waals surface area (Å²) in [4.78, 5) is 14.5. The molecular formula is C20H14BrNO. The van der Waals surface area contributed by atoms with Crippen LogP contribution in [0.5, 0.6) is 0 Å². The van der Waals surface area contributed by atoms with E-state index in [-0.39, 0.29) is 5.91 Å². The Hall–Kier alpha value is -2.39. The minimum Gasteiger partial charge on any atom is -0.304 e. The molecule has 0 saturated heterocycles. The van der Waals surface area contributed by atoms with Gasteiger partial charge in [-0.05, 0) is 47.0 Å². The van der Waals surface area contributed by atoms with Crippen LogP contribution >= 0.6 is 15.9 Å². The average Bonchev–Trinajstić information content (AvgIpc) is 2.92. The molecular weight excluding hydrogens is 350 g/mol. The summed E-state index contributed by atoms with van der Waals surface area (Å²) >= 11 is 3.47. The van der Waals surface area contributed by atoms with Crippen LogP contribution in [0.1, 0.15) is 15.9 Å². The lowest BCUT2D eigenvalue weighted by Crippen LogP contribution is -2.22. The van der Waals surface area contributed by atoms with E-state index < -0.39 is 0 Å². The minimum absolute atomic E-state index is 0.0673. The molecule has 1 amide bonds. The molecule has 0 fully saturated rings. The van der Waals surface area contributed by atoms with Crippen LogP contribution in [0.3, 0.4) is 0 Å². The van der Waals surface area contributed by atoms with Gasteiger partial charge >= 0.3 is 0 Å². The average molecular weight is 364 g/mol. The van der Waals surface area contributed by atoms with Gasteiger partial charge in [0.1, 0.15) is 0 Å². The minimum atomic E-state index is 0.0673. The number of rotatable bonds is 2. The molecule has 0 bridgehead atoms. The van der Waals surface area contributed by atoms with E-state index in [1.807, 2.05) is 53.4 Å². The monoisotopic (exact) mass is 363 g/mol. The third-order valence-corrected chi connectivity index (χ3v) is 4.63. The van der Waals surface area contributed by atoms with E-state index in [2.05, 4.69) is 40.2 Å². The molecule has 0 aromatic heterocycles. The van der Waals surface area contributed by atoms with Crippen molar-refractivity contribution in [2.45, 2.75) is 6.54 Å². The Balaban J connectivity index is 1.71. The molecule has 3 aromatic rings. The second-order valence-corrected chi connectivity index (χ2v) is 6.52. The standard InChI is InChI=1S/C20H14BrNO/c21-17-9-10-19-16(11-17)13-22(20(19)23)18-8-4-7-15(12-18)14-5-2-1-3-6-14/h1-12H,13H2. The molecule has 0 unspecified atom stereocenters. The molecule has 1 aliphatic heterocycles. The fourth-order valence-corrected chi connectivity index (χ4v) is 3.39. The molecule has 0 spiro atoms. The number of fused-ring (bicyclic) bond motifs is 1. The third-order valence-electron chi connectivity index (χ3n) is 4.14. The molecule has 0 saturated carbocycles. The van der Waals surface area contributed by atoms with Crippen LogP contribution in [0.2, 0.25) is 0 Å². The highest BCUT2D eigenvalue weighted by Gasteiger charge is 2.28. The maximum atomic E-state index is 12.7. The van der Waals surface area contributed by atoms with Gasteiger partial charge in [-0.25, -0.2) is 0 Å². The Morgan fingerprint density at radius 2 is 1.61 bits per heavy atom. The number of carbonyl (C=O) groups is 1. The smallest absolute Gasteiger partial charge is 0.258 e. The normalized spacial score (nSPS) is 13.3. The molecule has 1 aliphatic rings. The van der Waals surface area contributed by atoms with Crippen molar-refractivity contribution in [3.05, 3.63) is 88.4 Å². The molecule has 0 atom stereocenters. The van der Waals surface area contributed by atoms with Crippen molar-refractivity contribution in [1.82, 2.24) is 0 Å². The SMILES string of the molecule is O=C1c2ccc(Br)cc2CN1c1cccc(-c2ccccc2)c1. The molecule has 1 heterocycles. The zero-order chi connectivity index (χ0) is 15.8. The summed E-state index contributed by atoms with van der Waals surface area (Å²) in [7, 11) is 0. The van der Waals surface area contributed by atoms with Crippen LogP contribution in [0.15, 0.2) is 77.3 Å². The predicted octanol–water partition coefficient (Wildman–Crippen LogP) is 5.28. The van der Waals surface area contributed by atoms with Crippen LogP contribution in [0, 0.1) is 0 Å². The maximum absolute atomic E-state index is 12.7. The Labute approximate surface area is 143 Å². The van der Waals surface area contributed by atoms with Crippen molar-refractivity contribution >= 4 is 27.5 Å². The quantitative estimate of drug-likeness (QED) is 0.606. The number of benzene rings is 3. The number of hydrogen-bond donors (Lipinski definition) is 0. The predicted molar refractivity (Wildman–Crippen MR) is 96.5 cm³/mol. The van der Waals surface area contributed by atoms with Gasteiger partial charge in [-0.15, -0.1) is 0 Å². The van der Waals surface area contributed by atoms with Crippen molar-refractivity contribution in [3.8, 4) is 11.1 Å². The summed E-state index contributed by atoms with van der Waals surface area (Å²) in [6, 6.07) is 24.2. The van der Waals surface area contributed by atoms with E-state index in [1.54, 1.807) is 0 Å². The third kappa shape index (κ3) is 2.57. The van der Waals surface area contributed by atoms with Gasteiger partial charge in [0.15, 0.2) is 0 Å². The van der Waals surface area contributed by atoms with Gasteiger partial charge in [0, 0.05) is 15.7 Å². The molecule has 0 aliphatic carbocycles.